The van der Waals surface area contributed by atoms with Crippen molar-refractivity contribution >= 4 is 5.97 Å². The Bertz CT molecular complexity index is 354. The van der Waals surface area contributed by atoms with Crippen LogP contribution in [0.1, 0.15) is 30.9 Å². The van der Waals surface area contributed by atoms with Crippen LogP contribution in [0.3, 0.4) is 0 Å². The Morgan fingerprint density at radius 1 is 1.24 bits per heavy atom. The maximum absolute atomic E-state index is 11.2. The maximum Gasteiger partial charge on any atom is 0.306 e. The van der Waals surface area contributed by atoms with Gasteiger partial charge in [-0.05, 0) is 17.5 Å². The SMILES string of the molecule is C=COCc1ccc(COC(=O)CCC)cc1. The summed E-state index contributed by atoms with van der Waals surface area (Å²) in [5.74, 6) is -0.147. The molecule has 0 radical (unpaired) electrons. The van der Waals surface area contributed by atoms with Crippen molar-refractivity contribution in [3.05, 3.63) is 48.2 Å². The van der Waals surface area contributed by atoms with Crippen molar-refractivity contribution in [3.63, 3.8) is 0 Å². The van der Waals surface area contributed by atoms with E-state index in [9.17, 15) is 4.79 Å². The van der Waals surface area contributed by atoms with Gasteiger partial charge < -0.3 is 9.47 Å². The maximum atomic E-state index is 11.2. The van der Waals surface area contributed by atoms with Gasteiger partial charge in [-0.15, -0.1) is 0 Å². The van der Waals surface area contributed by atoms with Crippen LogP contribution in [0, 0.1) is 0 Å². The van der Waals surface area contributed by atoms with Gasteiger partial charge in [0.1, 0.15) is 13.2 Å². The van der Waals surface area contributed by atoms with E-state index in [-0.39, 0.29) is 5.97 Å². The molecule has 0 aliphatic carbocycles. The summed E-state index contributed by atoms with van der Waals surface area (Å²) < 4.78 is 10.2. The molecule has 3 nitrogen and oxygen atoms in total. The molecule has 0 unspecified atom stereocenters. The van der Waals surface area contributed by atoms with Crippen LogP contribution in [0.15, 0.2) is 37.1 Å². The van der Waals surface area contributed by atoms with Crippen LogP contribution >= 0.6 is 0 Å². The van der Waals surface area contributed by atoms with Gasteiger partial charge in [0.25, 0.3) is 0 Å². The third kappa shape index (κ3) is 5.20. The fourth-order valence-corrected chi connectivity index (χ4v) is 1.33. The molecule has 0 saturated carbocycles. The fraction of sp³-hybridized carbons (Fsp3) is 0.357. The average Bonchev–Trinajstić information content (AvgIpc) is 2.35. The van der Waals surface area contributed by atoms with Crippen LogP contribution in [-0.2, 0) is 27.5 Å². The normalized spacial score (nSPS) is 9.71. The third-order valence-corrected chi connectivity index (χ3v) is 2.24. The molecule has 1 aromatic rings. The molecule has 3 heteroatoms. The minimum atomic E-state index is -0.147. The molecule has 0 spiro atoms. The molecular formula is C14H18O3. The molecule has 0 atom stereocenters. The van der Waals surface area contributed by atoms with E-state index in [1.54, 1.807) is 0 Å². The Morgan fingerprint density at radius 3 is 2.35 bits per heavy atom. The molecule has 1 rings (SSSR count). The number of carbonyl (C=O) groups excluding carboxylic acids is 1. The van der Waals surface area contributed by atoms with Gasteiger partial charge in [-0.3, -0.25) is 4.79 Å². The van der Waals surface area contributed by atoms with E-state index in [2.05, 4.69) is 6.58 Å². The van der Waals surface area contributed by atoms with E-state index in [4.69, 9.17) is 9.47 Å². The highest BCUT2D eigenvalue weighted by Crippen LogP contribution is 2.07. The molecule has 0 aromatic heterocycles. The zero-order valence-corrected chi connectivity index (χ0v) is 10.1. The number of esters is 1. The number of carbonyl (C=O) groups is 1. The second-order valence-electron chi connectivity index (χ2n) is 3.70. The Hall–Kier alpha value is -1.77. The first kappa shape index (κ1) is 13.3. The zero-order chi connectivity index (χ0) is 12.5. The van der Waals surface area contributed by atoms with Gasteiger partial charge in [0, 0.05) is 6.42 Å². The summed E-state index contributed by atoms with van der Waals surface area (Å²) >= 11 is 0. The zero-order valence-electron chi connectivity index (χ0n) is 10.1. The Kier molecular flexibility index (Phi) is 5.86. The molecule has 0 aliphatic rings. The second kappa shape index (κ2) is 7.49. The summed E-state index contributed by atoms with van der Waals surface area (Å²) in [6.07, 6.45) is 2.71. The lowest BCUT2D eigenvalue weighted by molar-refractivity contribution is -0.144. The van der Waals surface area contributed by atoms with E-state index in [1.807, 2.05) is 31.2 Å². The van der Waals surface area contributed by atoms with Gasteiger partial charge in [0.05, 0.1) is 6.26 Å². The number of hydrogen-bond acceptors (Lipinski definition) is 3. The second-order valence-corrected chi connectivity index (χ2v) is 3.70. The van der Waals surface area contributed by atoms with Crippen LogP contribution in [0.2, 0.25) is 0 Å². The number of benzene rings is 1. The van der Waals surface area contributed by atoms with E-state index >= 15 is 0 Å². The topological polar surface area (TPSA) is 35.5 Å². The molecule has 0 aliphatic heterocycles. The van der Waals surface area contributed by atoms with Crippen molar-refractivity contribution < 1.29 is 14.3 Å². The lowest BCUT2D eigenvalue weighted by atomic mass is 10.1. The van der Waals surface area contributed by atoms with E-state index in [0.29, 0.717) is 19.6 Å². The summed E-state index contributed by atoms with van der Waals surface area (Å²) in [5, 5.41) is 0. The fourth-order valence-electron chi connectivity index (χ4n) is 1.33. The Morgan fingerprint density at radius 2 is 1.82 bits per heavy atom. The van der Waals surface area contributed by atoms with E-state index < -0.39 is 0 Å². The Balaban J connectivity index is 2.39. The summed E-state index contributed by atoms with van der Waals surface area (Å²) in [6, 6.07) is 7.76. The summed E-state index contributed by atoms with van der Waals surface area (Å²) in [6.45, 7) is 6.28. The predicted molar refractivity (Wildman–Crippen MR) is 66.1 cm³/mol. The molecule has 0 N–H and O–H groups in total. The van der Waals surface area contributed by atoms with Crippen molar-refractivity contribution in [1.82, 2.24) is 0 Å². The van der Waals surface area contributed by atoms with Gasteiger partial charge in [-0.2, -0.15) is 0 Å². The number of rotatable bonds is 7. The minimum absolute atomic E-state index is 0.147. The third-order valence-electron chi connectivity index (χ3n) is 2.24. The summed E-state index contributed by atoms with van der Waals surface area (Å²) in [7, 11) is 0. The highest BCUT2D eigenvalue weighted by molar-refractivity contribution is 5.69. The highest BCUT2D eigenvalue weighted by Gasteiger charge is 2.01. The smallest absolute Gasteiger partial charge is 0.306 e. The molecule has 0 amide bonds. The van der Waals surface area contributed by atoms with Crippen molar-refractivity contribution in [2.45, 2.75) is 33.0 Å². The minimum Gasteiger partial charge on any atom is -0.497 e. The monoisotopic (exact) mass is 234 g/mol. The van der Waals surface area contributed by atoms with Gasteiger partial charge in [-0.25, -0.2) is 0 Å². The van der Waals surface area contributed by atoms with Gasteiger partial charge in [0.15, 0.2) is 0 Å². The molecule has 0 heterocycles. The molecule has 1 aromatic carbocycles. The molecule has 0 saturated heterocycles. The van der Waals surface area contributed by atoms with Gasteiger partial charge >= 0.3 is 5.97 Å². The largest absolute Gasteiger partial charge is 0.497 e. The van der Waals surface area contributed by atoms with Gasteiger partial charge in [0.2, 0.25) is 0 Å². The summed E-state index contributed by atoms with van der Waals surface area (Å²) in [4.78, 5) is 11.2. The van der Waals surface area contributed by atoms with Crippen molar-refractivity contribution in [3.8, 4) is 0 Å². The van der Waals surface area contributed by atoms with E-state index in [0.717, 1.165) is 17.5 Å². The molecular weight excluding hydrogens is 216 g/mol. The lowest BCUT2D eigenvalue weighted by Crippen LogP contribution is -2.03. The lowest BCUT2D eigenvalue weighted by Gasteiger charge is -2.05. The first-order valence-corrected chi connectivity index (χ1v) is 5.72. The summed E-state index contributed by atoms with van der Waals surface area (Å²) in [5.41, 5.74) is 2.05. The first-order valence-electron chi connectivity index (χ1n) is 5.72. The van der Waals surface area contributed by atoms with Crippen LogP contribution in [-0.4, -0.2) is 5.97 Å². The number of ether oxygens (including phenoxy) is 2. The highest BCUT2D eigenvalue weighted by atomic mass is 16.5. The van der Waals surface area contributed by atoms with Crippen LogP contribution in [0.25, 0.3) is 0 Å². The van der Waals surface area contributed by atoms with Crippen molar-refractivity contribution in [2.24, 2.45) is 0 Å². The molecule has 92 valence electrons. The first-order chi connectivity index (χ1) is 8.26. The average molecular weight is 234 g/mol. The molecule has 17 heavy (non-hydrogen) atoms. The van der Waals surface area contributed by atoms with Crippen molar-refractivity contribution in [2.75, 3.05) is 0 Å². The van der Waals surface area contributed by atoms with Crippen LogP contribution in [0.5, 0.6) is 0 Å². The standard InChI is InChI=1S/C14H18O3/c1-3-5-14(15)17-11-13-8-6-12(7-9-13)10-16-4-2/h4,6-9H,2-3,5,10-11H2,1H3. The Labute approximate surface area is 102 Å². The predicted octanol–water partition coefficient (Wildman–Crippen LogP) is 3.19. The quantitative estimate of drug-likeness (QED) is 0.537. The number of hydrogen-bond donors (Lipinski definition) is 0. The van der Waals surface area contributed by atoms with Gasteiger partial charge in [-0.1, -0.05) is 37.8 Å². The van der Waals surface area contributed by atoms with Crippen LogP contribution < -0.4 is 0 Å². The molecule has 0 fully saturated rings. The van der Waals surface area contributed by atoms with E-state index in [1.165, 1.54) is 6.26 Å². The molecule has 0 bridgehead atoms. The van der Waals surface area contributed by atoms with Crippen molar-refractivity contribution in [1.29, 1.82) is 0 Å². The van der Waals surface area contributed by atoms with Crippen LogP contribution in [0.4, 0.5) is 0 Å².